The van der Waals surface area contributed by atoms with Crippen LogP contribution < -0.4 is 11.1 Å². The van der Waals surface area contributed by atoms with Crippen LogP contribution in [0.3, 0.4) is 0 Å². The van der Waals surface area contributed by atoms with Gasteiger partial charge in [0.05, 0.1) is 5.56 Å². The molecule has 0 saturated carbocycles. The monoisotopic (exact) mass is 342 g/mol. The summed E-state index contributed by atoms with van der Waals surface area (Å²) in [5, 5.41) is 4.34. The van der Waals surface area contributed by atoms with Gasteiger partial charge in [-0.3, -0.25) is 9.59 Å². The van der Waals surface area contributed by atoms with Gasteiger partial charge in [-0.2, -0.15) is 0 Å². The molecule has 19 heavy (non-hydrogen) atoms. The van der Waals surface area contributed by atoms with Crippen LogP contribution >= 0.6 is 27.3 Å². The van der Waals surface area contributed by atoms with Gasteiger partial charge < -0.3 is 11.1 Å². The maximum atomic E-state index is 13.3. The molecule has 4 nitrogen and oxygen atoms in total. The number of halogens is 2. The molecule has 1 heterocycles. The lowest BCUT2D eigenvalue weighted by molar-refractivity contribution is 0.0993. The minimum atomic E-state index is -0.883. The molecule has 98 valence electrons. The molecular weight excluding hydrogens is 335 g/mol. The SMILES string of the molecule is NC(=O)c1cc(NC(=O)c2sccc2Br)ccc1F. The average Bonchev–Trinajstić information content (AvgIpc) is 2.77. The van der Waals surface area contributed by atoms with Gasteiger partial charge in [0.15, 0.2) is 0 Å². The first-order valence-corrected chi connectivity index (χ1v) is 6.80. The van der Waals surface area contributed by atoms with Gasteiger partial charge in [-0.1, -0.05) is 0 Å². The van der Waals surface area contributed by atoms with Crippen molar-refractivity contribution in [3.8, 4) is 0 Å². The van der Waals surface area contributed by atoms with Crippen molar-refractivity contribution in [3.05, 3.63) is 50.4 Å². The van der Waals surface area contributed by atoms with Gasteiger partial charge in [-0.05, 0) is 45.6 Å². The number of anilines is 1. The zero-order valence-corrected chi connectivity index (χ0v) is 11.8. The lowest BCUT2D eigenvalue weighted by atomic mass is 10.2. The standard InChI is InChI=1S/C12H8BrFN2O2S/c13-8-3-4-19-10(8)12(18)16-6-1-2-9(14)7(5-6)11(15)17/h1-5H,(H2,15,17)(H,16,18). The quantitative estimate of drug-likeness (QED) is 0.899. The summed E-state index contributed by atoms with van der Waals surface area (Å²) < 4.78 is 13.9. The fraction of sp³-hybridized carbons (Fsp3) is 0. The van der Waals surface area contributed by atoms with Crippen molar-refractivity contribution in [2.24, 2.45) is 5.73 Å². The van der Waals surface area contributed by atoms with Crippen LogP contribution in [0.4, 0.5) is 10.1 Å². The molecule has 0 fully saturated rings. The van der Waals surface area contributed by atoms with E-state index in [-0.39, 0.29) is 11.5 Å². The normalized spacial score (nSPS) is 10.2. The molecule has 2 amide bonds. The van der Waals surface area contributed by atoms with E-state index in [0.717, 1.165) is 6.07 Å². The van der Waals surface area contributed by atoms with Crippen LogP contribution in [0, 0.1) is 5.82 Å². The van der Waals surface area contributed by atoms with Crippen LogP contribution in [0.1, 0.15) is 20.0 Å². The molecule has 2 aromatic rings. The molecule has 0 aliphatic heterocycles. The maximum absolute atomic E-state index is 13.3. The number of thiophene rings is 1. The van der Waals surface area contributed by atoms with Gasteiger partial charge >= 0.3 is 0 Å². The highest BCUT2D eigenvalue weighted by Crippen LogP contribution is 2.24. The molecule has 0 bridgehead atoms. The van der Waals surface area contributed by atoms with Crippen LogP contribution in [0.2, 0.25) is 0 Å². The Balaban J connectivity index is 2.25. The van der Waals surface area contributed by atoms with E-state index in [2.05, 4.69) is 21.2 Å². The van der Waals surface area contributed by atoms with Crippen molar-refractivity contribution in [2.75, 3.05) is 5.32 Å². The predicted octanol–water partition coefficient (Wildman–Crippen LogP) is 3.00. The summed E-state index contributed by atoms with van der Waals surface area (Å²) in [5.74, 6) is -1.95. The second-order valence-corrected chi connectivity index (χ2v) is 5.38. The summed E-state index contributed by atoms with van der Waals surface area (Å²) in [7, 11) is 0. The first-order chi connectivity index (χ1) is 8.99. The minimum Gasteiger partial charge on any atom is -0.366 e. The second-order valence-electron chi connectivity index (χ2n) is 3.61. The van der Waals surface area contributed by atoms with E-state index in [1.165, 1.54) is 23.5 Å². The molecule has 0 aliphatic rings. The van der Waals surface area contributed by atoms with Crippen molar-refractivity contribution >= 4 is 44.8 Å². The van der Waals surface area contributed by atoms with E-state index in [1.807, 2.05) is 0 Å². The number of hydrogen-bond acceptors (Lipinski definition) is 3. The van der Waals surface area contributed by atoms with Crippen LogP contribution in [0.25, 0.3) is 0 Å². The molecule has 0 atom stereocenters. The molecule has 7 heteroatoms. The summed E-state index contributed by atoms with van der Waals surface area (Å²) in [6, 6.07) is 5.40. The Bertz CT molecular complexity index is 657. The fourth-order valence-corrected chi connectivity index (χ4v) is 2.88. The third kappa shape index (κ3) is 2.99. The van der Waals surface area contributed by atoms with Crippen LogP contribution in [0.5, 0.6) is 0 Å². The van der Waals surface area contributed by atoms with Crippen molar-refractivity contribution < 1.29 is 14.0 Å². The molecule has 0 unspecified atom stereocenters. The zero-order chi connectivity index (χ0) is 14.0. The zero-order valence-electron chi connectivity index (χ0n) is 9.44. The highest BCUT2D eigenvalue weighted by Gasteiger charge is 2.14. The van der Waals surface area contributed by atoms with E-state index in [9.17, 15) is 14.0 Å². The molecule has 0 aliphatic carbocycles. The van der Waals surface area contributed by atoms with E-state index in [1.54, 1.807) is 11.4 Å². The Morgan fingerprint density at radius 2 is 2.05 bits per heavy atom. The smallest absolute Gasteiger partial charge is 0.266 e. The molecule has 0 saturated heterocycles. The highest BCUT2D eigenvalue weighted by molar-refractivity contribution is 9.10. The van der Waals surface area contributed by atoms with Crippen molar-refractivity contribution in [1.82, 2.24) is 0 Å². The number of primary amides is 1. The van der Waals surface area contributed by atoms with Gasteiger partial charge in [-0.15, -0.1) is 11.3 Å². The molecule has 1 aromatic carbocycles. The number of nitrogens with two attached hydrogens (primary N) is 1. The molecule has 0 radical (unpaired) electrons. The van der Waals surface area contributed by atoms with Gasteiger partial charge in [-0.25, -0.2) is 4.39 Å². The van der Waals surface area contributed by atoms with Crippen molar-refractivity contribution in [1.29, 1.82) is 0 Å². The Labute approximate surface area is 120 Å². The van der Waals surface area contributed by atoms with Gasteiger partial charge in [0.1, 0.15) is 10.7 Å². The molecule has 2 rings (SSSR count). The molecule has 3 N–H and O–H groups in total. The molecule has 1 aromatic heterocycles. The first kappa shape index (κ1) is 13.7. The summed E-state index contributed by atoms with van der Waals surface area (Å²) in [6.45, 7) is 0. The Morgan fingerprint density at radius 3 is 2.63 bits per heavy atom. The lowest BCUT2D eigenvalue weighted by Gasteiger charge is -2.06. The third-order valence-electron chi connectivity index (χ3n) is 2.31. The average molecular weight is 343 g/mol. The Morgan fingerprint density at radius 1 is 1.32 bits per heavy atom. The Hall–Kier alpha value is -1.73. The summed E-state index contributed by atoms with van der Waals surface area (Å²) >= 11 is 4.51. The van der Waals surface area contributed by atoms with E-state index in [0.29, 0.717) is 15.0 Å². The number of hydrogen-bond donors (Lipinski definition) is 2. The Kier molecular flexibility index (Phi) is 3.96. The largest absolute Gasteiger partial charge is 0.366 e. The summed E-state index contributed by atoms with van der Waals surface area (Å²) in [6.07, 6.45) is 0. The second kappa shape index (κ2) is 5.50. The van der Waals surface area contributed by atoms with Gasteiger partial charge in [0, 0.05) is 10.2 Å². The van der Waals surface area contributed by atoms with Crippen LogP contribution in [-0.2, 0) is 0 Å². The van der Waals surface area contributed by atoms with E-state index in [4.69, 9.17) is 5.73 Å². The number of carbonyl (C=O) groups is 2. The van der Waals surface area contributed by atoms with E-state index < -0.39 is 11.7 Å². The van der Waals surface area contributed by atoms with Crippen molar-refractivity contribution in [2.45, 2.75) is 0 Å². The third-order valence-corrected chi connectivity index (χ3v) is 4.15. The fourth-order valence-electron chi connectivity index (χ4n) is 1.44. The van der Waals surface area contributed by atoms with Gasteiger partial charge in [0.25, 0.3) is 11.8 Å². The molecule has 0 spiro atoms. The topological polar surface area (TPSA) is 72.2 Å². The van der Waals surface area contributed by atoms with Crippen LogP contribution in [0.15, 0.2) is 34.1 Å². The minimum absolute atomic E-state index is 0.261. The highest BCUT2D eigenvalue weighted by atomic mass is 79.9. The number of benzene rings is 1. The number of nitrogens with one attached hydrogen (secondary N) is 1. The van der Waals surface area contributed by atoms with Gasteiger partial charge in [0.2, 0.25) is 0 Å². The lowest BCUT2D eigenvalue weighted by Crippen LogP contribution is -2.15. The van der Waals surface area contributed by atoms with Crippen molar-refractivity contribution in [3.63, 3.8) is 0 Å². The summed E-state index contributed by atoms with van der Waals surface area (Å²) in [4.78, 5) is 23.4. The first-order valence-electron chi connectivity index (χ1n) is 5.12. The van der Waals surface area contributed by atoms with E-state index >= 15 is 0 Å². The number of amides is 2. The van der Waals surface area contributed by atoms with Crippen LogP contribution in [-0.4, -0.2) is 11.8 Å². The number of rotatable bonds is 3. The number of carbonyl (C=O) groups excluding carboxylic acids is 2. The predicted molar refractivity (Wildman–Crippen MR) is 74.9 cm³/mol. The summed E-state index contributed by atoms with van der Waals surface area (Å²) in [5.41, 5.74) is 5.08. The molecular formula is C12H8BrFN2O2S. The maximum Gasteiger partial charge on any atom is 0.266 e.